The number of likely N-dealkylation sites (tertiary alicyclic amines) is 1. The summed E-state index contributed by atoms with van der Waals surface area (Å²) in [5, 5.41) is 12.7. The van der Waals surface area contributed by atoms with Crippen LogP contribution in [0.2, 0.25) is 0 Å². The lowest BCUT2D eigenvalue weighted by Gasteiger charge is -2.32. The van der Waals surface area contributed by atoms with Gasteiger partial charge in [0.2, 0.25) is 0 Å². The molecule has 1 aliphatic heterocycles. The second-order valence-corrected chi connectivity index (χ2v) is 7.94. The number of nitrogens with zero attached hydrogens (tertiary/aromatic N) is 5. The minimum atomic E-state index is -2.70. The van der Waals surface area contributed by atoms with Gasteiger partial charge in [-0.2, -0.15) is 5.10 Å². The van der Waals surface area contributed by atoms with Crippen molar-refractivity contribution in [3.8, 4) is 22.6 Å². The van der Waals surface area contributed by atoms with Crippen molar-refractivity contribution in [1.29, 1.82) is 0 Å². The molecule has 4 rings (SSSR count). The quantitative estimate of drug-likeness (QED) is 0.697. The molecule has 1 saturated heterocycles. The summed E-state index contributed by atoms with van der Waals surface area (Å²) in [4.78, 5) is 17.8. The lowest BCUT2D eigenvalue weighted by molar-refractivity contribution is -0.0494. The molecule has 0 atom stereocenters. The molecule has 0 unspecified atom stereocenters. The number of rotatable bonds is 4. The number of H-pyrrole nitrogens is 1. The third-order valence-corrected chi connectivity index (χ3v) is 5.32. The summed E-state index contributed by atoms with van der Waals surface area (Å²) in [6, 6.07) is 7.37. The molecule has 0 bridgehead atoms. The summed E-state index contributed by atoms with van der Waals surface area (Å²) in [6.45, 7) is 5.92. The number of aromatic nitrogens is 5. The average Bonchev–Trinajstić information content (AvgIpc) is 3.36. The Bertz CT molecular complexity index is 1060. The van der Waals surface area contributed by atoms with Crippen LogP contribution in [0.3, 0.4) is 0 Å². The topological polar surface area (TPSA) is 79.7 Å². The number of aryl methyl sites for hydroxylation is 1. The van der Waals surface area contributed by atoms with Crippen LogP contribution in [0.15, 0.2) is 30.5 Å². The molecule has 7 nitrogen and oxygen atoms in total. The number of carbonyl (C=O) groups excluding carboxylic acids is 1. The number of aromatic amines is 1. The van der Waals surface area contributed by atoms with Crippen molar-refractivity contribution in [2.45, 2.75) is 45.6 Å². The minimum Gasteiger partial charge on any atom is -0.338 e. The number of amides is 1. The number of alkyl halides is 2. The zero-order valence-corrected chi connectivity index (χ0v) is 17.2. The number of hydrogen-bond acceptors (Lipinski definition) is 4. The number of piperidine rings is 1. The molecule has 3 heterocycles. The smallest absolute Gasteiger partial charge is 0.254 e. The fraction of sp³-hybridized carbons (Fsp3) is 0.429. The predicted molar refractivity (Wildman–Crippen MR) is 108 cm³/mol. The summed E-state index contributed by atoms with van der Waals surface area (Å²) < 4.78 is 28.9. The van der Waals surface area contributed by atoms with Gasteiger partial charge < -0.3 is 9.88 Å². The Kier molecular flexibility index (Phi) is 5.13. The normalized spacial score (nSPS) is 16.3. The zero-order valence-electron chi connectivity index (χ0n) is 17.2. The van der Waals surface area contributed by atoms with Gasteiger partial charge in [0.15, 0.2) is 5.82 Å². The molecule has 0 radical (unpaired) electrons. The Balaban J connectivity index is 1.74. The third-order valence-electron chi connectivity index (χ3n) is 5.32. The van der Waals surface area contributed by atoms with Gasteiger partial charge in [0, 0.05) is 54.9 Å². The molecule has 2 aromatic heterocycles. The number of nitrogens with one attached hydrogen (secondary N) is 1. The molecule has 0 spiro atoms. The fourth-order valence-corrected chi connectivity index (χ4v) is 3.54. The Labute approximate surface area is 173 Å². The predicted octanol–water partition coefficient (Wildman–Crippen LogP) is 4.10. The van der Waals surface area contributed by atoms with Crippen LogP contribution >= 0.6 is 0 Å². The van der Waals surface area contributed by atoms with E-state index >= 15 is 0 Å². The summed E-state index contributed by atoms with van der Waals surface area (Å²) >= 11 is 0. The van der Waals surface area contributed by atoms with Gasteiger partial charge in [0.1, 0.15) is 5.82 Å². The van der Waals surface area contributed by atoms with E-state index < -0.39 is 5.92 Å². The summed E-state index contributed by atoms with van der Waals surface area (Å²) in [5.74, 6) is -1.69. The van der Waals surface area contributed by atoms with E-state index in [9.17, 15) is 13.6 Å². The number of benzene rings is 1. The maximum absolute atomic E-state index is 13.5. The van der Waals surface area contributed by atoms with Gasteiger partial charge in [-0.15, -0.1) is 10.2 Å². The molecule has 3 aromatic rings. The Morgan fingerprint density at radius 2 is 1.90 bits per heavy atom. The van der Waals surface area contributed by atoms with Crippen molar-refractivity contribution in [2.75, 3.05) is 13.1 Å². The van der Waals surface area contributed by atoms with E-state index in [1.807, 2.05) is 43.8 Å². The van der Waals surface area contributed by atoms with Gasteiger partial charge in [0.25, 0.3) is 11.8 Å². The molecular formula is C21H24F2N6O. The zero-order chi connectivity index (χ0) is 21.5. The standard InChI is InChI=1S/C21H24F2N6O/c1-13(2)29-9-6-18(27-29)17-12-15(19-24-14(3)25-26-19)4-5-16(17)20(30)28-10-7-21(22,23)8-11-28/h4-6,9,12-13H,7-8,10-11H2,1-3H3,(H,24,25,26). The minimum absolute atomic E-state index is 0.0365. The molecular weight excluding hydrogens is 390 g/mol. The summed E-state index contributed by atoms with van der Waals surface area (Å²) in [5.41, 5.74) is 2.50. The van der Waals surface area contributed by atoms with Crippen molar-refractivity contribution in [1.82, 2.24) is 29.9 Å². The van der Waals surface area contributed by atoms with Crippen LogP contribution in [0, 0.1) is 6.92 Å². The number of halogens is 2. The first-order chi connectivity index (χ1) is 14.2. The molecule has 1 amide bonds. The maximum atomic E-state index is 13.5. The third kappa shape index (κ3) is 3.96. The van der Waals surface area contributed by atoms with E-state index in [1.54, 1.807) is 12.1 Å². The molecule has 9 heteroatoms. The second-order valence-electron chi connectivity index (χ2n) is 7.94. The first kappa shape index (κ1) is 20.2. The second kappa shape index (κ2) is 7.62. The van der Waals surface area contributed by atoms with E-state index in [2.05, 4.69) is 20.3 Å². The molecule has 1 aromatic carbocycles. The average molecular weight is 414 g/mol. The largest absolute Gasteiger partial charge is 0.338 e. The lowest BCUT2D eigenvalue weighted by Crippen LogP contribution is -2.42. The first-order valence-electron chi connectivity index (χ1n) is 10.00. The first-order valence-corrected chi connectivity index (χ1v) is 10.00. The van der Waals surface area contributed by atoms with Gasteiger partial charge in [-0.3, -0.25) is 9.48 Å². The number of hydrogen-bond donors (Lipinski definition) is 1. The van der Waals surface area contributed by atoms with Crippen molar-refractivity contribution in [3.05, 3.63) is 41.9 Å². The van der Waals surface area contributed by atoms with E-state index in [-0.39, 0.29) is 37.9 Å². The van der Waals surface area contributed by atoms with Gasteiger partial charge in [-0.05, 0) is 39.0 Å². The van der Waals surface area contributed by atoms with Crippen molar-refractivity contribution in [2.24, 2.45) is 0 Å². The highest BCUT2D eigenvalue weighted by molar-refractivity contribution is 6.01. The van der Waals surface area contributed by atoms with Crippen LogP contribution in [-0.2, 0) is 0 Å². The summed E-state index contributed by atoms with van der Waals surface area (Å²) in [7, 11) is 0. The molecule has 1 N–H and O–H groups in total. The molecule has 0 saturated carbocycles. The molecule has 0 aliphatic carbocycles. The van der Waals surface area contributed by atoms with Crippen LogP contribution in [0.4, 0.5) is 8.78 Å². The van der Waals surface area contributed by atoms with Gasteiger partial charge in [-0.25, -0.2) is 8.78 Å². The summed E-state index contributed by atoms with van der Waals surface area (Å²) in [6.07, 6.45) is 1.23. The van der Waals surface area contributed by atoms with Gasteiger partial charge >= 0.3 is 0 Å². The Morgan fingerprint density at radius 1 is 1.17 bits per heavy atom. The highest BCUT2D eigenvalue weighted by atomic mass is 19.3. The fourth-order valence-electron chi connectivity index (χ4n) is 3.54. The van der Waals surface area contributed by atoms with Gasteiger partial charge in [-0.1, -0.05) is 6.07 Å². The van der Waals surface area contributed by atoms with Crippen molar-refractivity contribution >= 4 is 5.91 Å². The van der Waals surface area contributed by atoms with E-state index in [0.29, 0.717) is 28.5 Å². The molecule has 1 aliphatic rings. The monoisotopic (exact) mass is 414 g/mol. The molecule has 30 heavy (non-hydrogen) atoms. The highest BCUT2D eigenvalue weighted by Crippen LogP contribution is 2.32. The Hall–Kier alpha value is -3.10. The SMILES string of the molecule is Cc1nnc(-c2ccc(C(=O)N3CCC(F)(F)CC3)c(-c3ccn(C(C)C)n3)c2)[nH]1. The van der Waals surface area contributed by atoms with Crippen LogP contribution < -0.4 is 0 Å². The highest BCUT2D eigenvalue weighted by Gasteiger charge is 2.36. The van der Waals surface area contributed by atoms with E-state index in [1.165, 1.54) is 4.90 Å². The van der Waals surface area contributed by atoms with E-state index in [0.717, 1.165) is 5.56 Å². The van der Waals surface area contributed by atoms with Crippen LogP contribution in [0.25, 0.3) is 22.6 Å². The Morgan fingerprint density at radius 3 is 2.50 bits per heavy atom. The lowest BCUT2D eigenvalue weighted by atomic mass is 9.98. The van der Waals surface area contributed by atoms with Gasteiger partial charge in [0.05, 0.1) is 5.69 Å². The van der Waals surface area contributed by atoms with Crippen LogP contribution in [0.1, 0.15) is 48.9 Å². The van der Waals surface area contributed by atoms with Crippen molar-refractivity contribution in [3.63, 3.8) is 0 Å². The number of carbonyl (C=O) groups is 1. The van der Waals surface area contributed by atoms with Crippen molar-refractivity contribution < 1.29 is 13.6 Å². The maximum Gasteiger partial charge on any atom is 0.254 e. The van der Waals surface area contributed by atoms with Crippen LogP contribution in [0.5, 0.6) is 0 Å². The van der Waals surface area contributed by atoms with Crippen LogP contribution in [-0.4, -0.2) is 54.8 Å². The van der Waals surface area contributed by atoms with E-state index in [4.69, 9.17) is 0 Å². The molecule has 158 valence electrons. The molecule has 1 fully saturated rings.